The van der Waals surface area contributed by atoms with E-state index in [0.29, 0.717) is 19.4 Å². The van der Waals surface area contributed by atoms with Crippen LogP contribution >= 0.6 is 11.3 Å². The van der Waals surface area contributed by atoms with Crippen molar-refractivity contribution in [2.24, 2.45) is 11.7 Å². The molecule has 0 radical (unpaired) electrons. The number of hydrogen-bond donors (Lipinski definition) is 2. The summed E-state index contributed by atoms with van der Waals surface area (Å²) in [5.74, 6) is -0.0998. The zero-order valence-corrected chi connectivity index (χ0v) is 10.6. The quantitative estimate of drug-likeness (QED) is 0.808. The van der Waals surface area contributed by atoms with Crippen LogP contribution in [0.15, 0.2) is 11.6 Å². The molecule has 0 aromatic carbocycles. The first kappa shape index (κ1) is 12.5. The smallest absolute Gasteiger partial charge is 0.225 e. The lowest BCUT2D eigenvalue weighted by Crippen LogP contribution is -2.32. The van der Waals surface area contributed by atoms with Crippen LogP contribution in [0.4, 0.5) is 0 Å². The van der Waals surface area contributed by atoms with E-state index in [9.17, 15) is 9.90 Å². The number of rotatable bonds is 3. The van der Waals surface area contributed by atoms with E-state index in [2.05, 4.69) is 4.98 Å². The molecule has 94 valence electrons. The number of aliphatic hydroxyl groups is 1. The summed E-state index contributed by atoms with van der Waals surface area (Å²) in [4.78, 5) is 17.9. The topological polar surface area (TPSA) is 79.5 Å². The minimum absolute atomic E-state index is 0.0483. The summed E-state index contributed by atoms with van der Waals surface area (Å²) in [6.45, 7) is 0.526. The van der Waals surface area contributed by atoms with Gasteiger partial charge in [0.25, 0.3) is 0 Å². The van der Waals surface area contributed by atoms with Gasteiger partial charge in [0, 0.05) is 30.6 Å². The van der Waals surface area contributed by atoms with Crippen LogP contribution in [0.25, 0.3) is 0 Å². The molecule has 1 fully saturated rings. The first-order valence-electron chi connectivity index (χ1n) is 5.65. The fourth-order valence-corrected chi connectivity index (χ4v) is 2.84. The van der Waals surface area contributed by atoms with E-state index in [1.165, 1.54) is 11.3 Å². The van der Waals surface area contributed by atoms with E-state index >= 15 is 0 Å². The molecule has 1 aliphatic rings. The van der Waals surface area contributed by atoms with Crippen LogP contribution in [0.3, 0.4) is 0 Å². The van der Waals surface area contributed by atoms with Crippen molar-refractivity contribution in [1.29, 1.82) is 0 Å². The van der Waals surface area contributed by atoms with Crippen molar-refractivity contribution in [2.45, 2.75) is 31.5 Å². The van der Waals surface area contributed by atoms with Gasteiger partial charge in [-0.1, -0.05) is 0 Å². The van der Waals surface area contributed by atoms with Gasteiger partial charge in [0.05, 0.1) is 12.6 Å². The molecule has 1 saturated carbocycles. The van der Waals surface area contributed by atoms with Crippen LogP contribution in [-0.2, 0) is 11.3 Å². The maximum atomic E-state index is 12.1. The van der Waals surface area contributed by atoms with Crippen LogP contribution in [0.5, 0.6) is 0 Å². The first-order valence-corrected chi connectivity index (χ1v) is 6.53. The summed E-state index contributed by atoms with van der Waals surface area (Å²) in [5.41, 5.74) is 5.71. The van der Waals surface area contributed by atoms with Gasteiger partial charge >= 0.3 is 0 Å². The largest absolute Gasteiger partial charge is 0.391 e. The Labute approximate surface area is 104 Å². The molecule has 1 aromatic rings. The summed E-state index contributed by atoms with van der Waals surface area (Å²) in [6, 6.07) is -0.266. The highest BCUT2D eigenvalue weighted by atomic mass is 32.1. The lowest BCUT2D eigenvalue weighted by atomic mass is 10.1. The molecule has 0 spiro atoms. The lowest BCUT2D eigenvalue weighted by molar-refractivity contribution is -0.134. The number of amides is 1. The van der Waals surface area contributed by atoms with E-state index < -0.39 is 6.10 Å². The maximum absolute atomic E-state index is 12.1. The zero-order chi connectivity index (χ0) is 12.4. The number of thiazole rings is 1. The van der Waals surface area contributed by atoms with Crippen LogP contribution in [0, 0.1) is 5.92 Å². The molecular weight excluding hydrogens is 238 g/mol. The van der Waals surface area contributed by atoms with Crippen LogP contribution < -0.4 is 5.73 Å². The Balaban J connectivity index is 1.91. The predicted octanol–water partition coefficient (Wildman–Crippen LogP) is 0.200. The predicted molar refractivity (Wildman–Crippen MR) is 65.3 cm³/mol. The minimum atomic E-state index is -0.544. The second kappa shape index (κ2) is 5.12. The number of hydrogen-bond acceptors (Lipinski definition) is 5. The summed E-state index contributed by atoms with van der Waals surface area (Å²) < 4.78 is 0. The van der Waals surface area contributed by atoms with Gasteiger partial charge in [-0.05, 0) is 12.8 Å². The molecule has 17 heavy (non-hydrogen) atoms. The monoisotopic (exact) mass is 255 g/mol. The molecule has 1 aromatic heterocycles. The van der Waals surface area contributed by atoms with Gasteiger partial charge in [-0.3, -0.25) is 4.79 Å². The molecule has 0 aliphatic heterocycles. The Morgan fingerprint density at radius 2 is 2.47 bits per heavy atom. The van der Waals surface area contributed by atoms with Gasteiger partial charge in [-0.25, -0.2) is 4.98 Å². The molecule has 3 atom stereocenters. The standard InChI is InChI=1S/C11H17N3O2S/c1-14(6-10-13-2-3-17-10)11(16)7-4-8(12)9(15)5-7/h2-3,7-9,15H,4-6,12H2,1H3/t7-,8-,9-/m0/s1. The Kier molecular flexibility index (Phi) is 3.76. The van der Waals surface area contributed by atoms with Crippen LogP contribution in [-0.4, -0.2) is 40.1 Å². The number of nitrogens with zero attached hydrogens (tertiary/aromatic N) is 2. The third-order valence-corrected chi connectivity index (χ3v) is 3.92. The minimum Gasteiger partial charge on any atom is -0.391 e. The molecule has 6 heteroatoms. The van der Waals surface area contributed by atoms with E-state index in [1.54, 1.807) is 18.1 Å². The fraction of sp³-hybridized carbons (Fsp3) is 0.636. The van der Waals surface area contributed by atoms with E-state index in [1.807, 2.05) is 5.38 Å². The van der Waals surface area contributed by atoms with Gasteiger partial charge < -0.3 is 15.7 Å². The van der Waals surface area contributed by atoms with Gasteiger partial charge in [-0.2, -0.15) is 0 Å². The third-order valence-electron chi connectivity index (χ3n) is 3.16. The van der Waals surface area contributed by atoms with E-state index in [-0.39, 0.29) is 17.9 Å². The number of aliphatic hydroxyl groups excluding tert-OH is 1. The second-order valence-corrected chi connectivity index (χ2v) is 5.50. The molecule has 0 bridgehead atoms. The Bertz CT molecular complexity index is 372. The molecule has 3 N–H and O–H groups in total. The van der Waals surface area contributed by atoms with Crippen molar-refractivity contribution in [2.75, 3.05) is 7.05 Å². The molecule has 2 rings (SSSR count). The lowest BCUT2D eigenvalue weighted by Gasteiger charge is -2.19. The van der Waals surface area contributed by atoms with E-state index in [4.69, 9.17) is 5.73 Å². The SMILES string of the molecule is CN(Cc1nccs1)C(=O)[C@H]1C[C@H](N)[C@@H](O)C1. The molecule has 5 nitrogen and oxygen atoms in total. The maximum Gasteiger partial charge on any atom is 0.225 e. The van der Waals surface area contributed by atoms with Gasteiger partial charge in [-0.15, -0.1) is 11.3 Å². The zero-order valence-electron chi connectivity index (χ0n) is 9.74. The summed E-state index contributed by atoms with van der Waals surface area (Å²) >= 11 is 1.53. The highest BCUT2D eigenvalue weighted by molar-refractivity contribution is 7.09. The Hall–Kier alpha value is -0.980. The summed E-state index contributed by atoms with van der Waals surface area (Å²) in [7, 11) is 1.76. The van der Waals surface area contributed by atoms with Crippen molar-refractivity contribution in [3.05, 3.63) is 16.6 Å². The number of carbonyl (C=O) groups is 1. The molecule has 1 heterocycles. The van der Waals surface area contributed by atoms with E-state index in [0.717, 1.165) is 5.01 Å². The van der Waals surface area contributed by atoms with Crippen molar-refractivity contribution >= 4 is 17.2 Å². The van der Waals surface area contributed by atoms with Crippen LogP contribution in [0.2, 0.25) is 0 Å². The fourth-order valence-electron chi connectivity index (χ4n) is 2.17. The highest BCUT2D eigenvalue weighted by Crippen LogP contribution is 2.26. The summed E-state index contributed by atoms with van der Waals surface area (Å²) in [6.07, 6.45) is 2.23. The molecule has 0 unspecified atom stereocenters. The Morgan fingerprint density at radius 3 is 3.00 bits per heavy atom. The van der Waals surface area contributed by atoms with Gasteiger partial charge in [0.15, 0.2) is 0 Å². The average Bonchev–Trinajstić information content (AvgIpc) is 2.89. The van der Waals surface area contributed by atoms with Gasteiger partial charge in [0.1, 0.15) is 5.01 Å². The molecule has 1 aliphatic carbocycles. The number of carbonyl (C=O) groups excluding carboxylic acids is 1. The van der Waals surface area contributed by atoms with Gasteiger partial charge in [0.2, 0.25) is 5.91 Å². The highest BCUT2D eigenvalue weighted by Gasteiger charge is 2.36. The molecular formula is C11H17N3O2S. The third kappa shape index (κ3) is 2.83. The second-order valence-electron chi connectivity index (χ2n) is 4.52. The van der Waals surface area contributed by atoms with Crippen molar-refractivity contribution in [3.63, 3.8) is 0 Å². The summed E-state index contributed by atoms with van der Waals surface area (Å²) in [5, 5.41) is 12.4. The first-order chi connectivity index (χ1) is 8.08. The Morgan fingerprint density at radius 1 is 1.71 bits per heavy atom. The number of aromatic nitrogens is 1. The number of nitrogens with two attached hydrogens (primary N) is 1. The van der Waals surface area contributed by atoms with Crippen molar-refractivity contribution < 1.29 is 9.90 Å². The molecule has 0 saturated heterocycles. The normalized spacial score (nSPS) is 28.3. The average molecular weight is 255 g/mol. The van der Waals surface area contributed by atoms with Crippen LogP contribution in [0.1, 0.15) is 17.8 Å². The van der Waals surface area contributed by atoms with Crippen molar-refractivity contribution in [3.8, 4) is 0 Å². The molecule has 1 amide bonds. The van der Waals surface area contributed by atoms with Crippen molar-refractivity contribution in [1.82, 2.24) is 9.88 Å².